The molecule has 1 N–H and O–H groups in total. The molecule has 0 amide bonds. The van der Waals surface area contributed by atoms with Gasteiger partial charge in [-0.05, 0) is 95.3 Å². The van der Waals surface area contributed by atoms with Crippen LogP contribution in [-0.2, 0) is 16.0 Å². The Kier molecular flexibility index (Phi) is 7.45. The molecule has 1 aliphatic rings. The molecular formula is C35H35FN4O4. The summed E-state index contributed by atoms with van der Waals surface area (Å²) in [7, 11) is 0. The number of nitrogens with zero attached hydrogens (tertiary/aromatic N) is 4. The summed E-state index contributed by atoms with van der Waals surface area (Å²) in [5.41, 5.74) is 7.51. The highest BCUT2D eigenvalue weighted by molar-refractivity contribution is 5.83. The fourth-order valence-electron chi connectivity index (χ4n) is 5.92. The largest absolute Gasteiger partial charge is 0.490 e. The van der Waals surface area contributed by atoms with E-state index >= 15 is 4.39 Å². The molecule has 0 aliphatic carbocycles. The Bertz CT molecular complexity index is 1920. The van der Waals surface area contributed by atoms with Gasteiger partial charge >= 0.3 is 5.97 Å². The monoisotopic (exact) mass is 594 g/mol. The zero-order valence-corrected chi connectivity index (χ0v) is 25.7. The Balaban J connectivity index is 1.62. The van der Waals surface area contributed by atoms with E-state index in [0.717, 1.165) is 39.9 Å². The lowest BCUT2D eigenvalue weighted by Gasteiger charge is -2.28. The Morgan fingerprint density at radius 1 is 1.07 bits per heavy atom. The standard InChI is InChI=1S/C35H35FN4O4/c1-19-15-23(12-13-37-19)22-9-7-10-24(16-22)28-18-29-38-21(3)30(33(34(41)42)44-35(4,5)6)31(40(29)39-28)26-17-27(36)32-25(20(26)2)11-8-14-43-32/h7,9-10,12-13,15-18,33H,8,11,14H2,1-6H3,(H,41,42). The number of aryl methyl sites for hydroxylation is 2. The van der Waals surface area contributed by atoms with Crippen LogP contribution in [0.2, 0.25) is 0 Å². The van der Waals surface area contributed by atoms with Gasteiger partial charge in [-0.15, -0.1) is 0 Å². The van der Waals surface area contributed by atoms with Gasteiger partial charge in [0.05, 0.1) is 23.6 Å². The lowest BCUT2D eigenvalue weighted by Crippen LogP contribution is -2.29. The molecule has 1 atom stereocenters. The van der Waals surface area contributed by atoms with E-state index in [-0.39, 0.29) is 5.75 Å². The summed E-state index contributed by atoms with van der Waals surface area (Å²) in [6.07, 6.45) is 1.83. The van der Waals surface area contributed by atoms with Crippen molar-refractivity contribution in [1.29, 1.82) is 0 Å². The molecule has 226 valence electrons. The van der Waals surface area contributed by atoms with E-state index in [1.165, 1.54) is 6.07 Å². The maximum Gasteiger partial charge on any atom is 0.337 e. The molecule has 8 nitrogen and oxygen atoms in total. The van der Waals surface area contributed by atoms with Gasteiger partial charge in [0.25, 0.3) is 0 Å². The van der Waals surface area contributed by atoms with Crippen LogP contribution in [0.25, 0.3) is 39.3 Å². The average molecular weight is 595 g/mol. The number of benzene rings is 2. The van der Waals surface area contributed by atoms with Crippen LogP contribution in [0.4, 0.5) is 4.39 Å². The van der Waals surface area contributed by atoms with Gasteiger partial charge in [0, 0.05) is 45.9 Å². The molecule has 1 unspecified atom stereocenters. The first-order valence-electron chi connectivity index (χ1n) is 14.7. The molecule has 0 saturated carbocycles. The van der Waals surface area contributed by atoms with E-state index in [1.807, 2.05) is 56.3 Å². The van der Waals surface area contributed by atoms with Crippen LogP contribution in [0, 0.1) is 26.6 Å². The van der Waals surface area contributed by atoms with E-state index in [2.05, 4.69) is 4.98 Å². The van der Waals surface area contributed by atoms with Crippen molar-refractivity contribution in [3.63, 3.8) is 0 Å². The Hall–Kier alpha value is -4.63. The van der Waals surface area contributed by atoms with Crippen molar-refractivity contribution in [3.8, 4) is 39.4 Å². The first-order valence-corrected chi connectivity index (χ1v) is 14.7. The summed E-state index contributed by atoms with van der Waals surface area (Å²) >= 11 is 0. The molecule has 6 rings (SSSR count). The molecule has 4 heterocycles. The zero-order chi connectivity index (χ0) is 31.3. The molecule has 0 saturated heterocycles. The minimum atomic E-state index is -1.37. The average Bonchev–Trinajstić information content (AvgIpc) is 3.40. The van der Waals surface area contributed by atoms with E-state index in [4.69, 9.17) is 19.6 Å². The second-order valence-corrected chi connectivity index (χ2v) is 12.3. The summed E-state index contributed by atoms with van der Waals surface area (Å²) in [6, 6.07) is 15.3. The van der Waals surface area contributed by atoms with Crippen LogP contribution < -0.4 is 4.74 Å². The number of carbonyl (C=O) groups is 1. The molecule has 0 radical (unpaired) electrons. The van der Waals surface area contributed by atoms with Crippen molar-refractivity contribution in [1.82, 2.24) is 19.6 Å². The third-order valence-electron chi connectivity index (χ3n) is 7.87. The predicted octanol–water partition coefficient (Wildman–Crippen LogP) is 7.46. The number of ether oxygens (including phenoxy) is 2. The van der Waals surface area contributed by atoms with Crippen molar-refractivity contribution in [2.45, 2.75) is 66.1 Å². The molecule has 2 aromatic carbocycles. The van der Waals surface area contributed by atoms with Crippen LogP contribution in [-0.4, -0.2) is 42.9 Å². The van der Waals surface area contributed by atoms with Gasteiger partial charge < -0.3 is 14.6 Å². The van der Waals surface area contributed by atoms with Crippen molar-refractivity contribution >= 4 is 11.6 Å². The summed E-state index contributed by atoms with van der Waals surface area (Å²) < 4.78 is 29.1. The second kappa shape index (κ2) is 11.1. The SMILES string of the molecule is Cc1cc(-c2cccc(-c3cc4nc(C)c(C(OC(C)(C)C)C(=O)O)c(-c5cc(F)c6c(c5C)CCCO6)n4n3)c2)ccn1. The van der Waals surface area contributed by atoms with Crippen LogP contribution in [0.15, 0.2) is 54.7 Å². The maximum atomic E-state index is 15.6. The van der Waals surface area contributed by atoms with E-state index in [1.54, 1.807) is 38.4 Å². The molecule has 1 aliphatic heterocycles. The highest BCUT2D eigenvalue weighted by Crippen LogP contribution is 2.42. The number of pyridine rings is 1. The minimum Gasteiger partial charge on any atom is -0.490 e. The number of carboxylic acids is 1. The topological polar surface area (TPSA) is 98.8 Å². The first-order chi connectivity index (χ1) is 20.9. The zero-order valence-electron chi connectivity index (χ0n) is 25.7. The predicted molar refractivity (Wildman–Crippen MR) is 166 cm³/mol. The number of aliphatic carboxylic acids is 1. The van der Waals surface area contributed by atoms with Crippen molar-refractivity contribution in [2.75, 3.05) is 6.61 Å². The van der Waals surface area contributed by atoms with Gasteiger partial charge in [-0.1, -0.05) is 18.2 Å². The lowest BCUT2D eigenvalue weighted by atomic mass is 9.91. The number of halogens is 1. The summed E-state index contributed by atoms with van der Waals surface area (Å²) in [6.45, 7) is 11.5. The Morgan fingerprint density at radius 2 is 1.82 bits per heavy atom. The highest BCUT2D eigenvalue weighted by atomic mass is 19.1. The minimum absolute atomic E-state index is 0.256. The Morgan fingerprint density at radius 3 is 2.55 bits per heavy atom. The van der Waals surface area contributed by atoms with Crippen LogP contribution in [0.1, 0.15) is 61.4 Å². The van der Waals surface area contributed by atoms with Crippen molar-refractivity contribution < 1.29 is 23.8 Å². The van der Waals surface area contributed by atoms with E-state index in [0.29, 0.717) is 46.9 Å². The molecule has 0 bridgehead atoms. The number of hydrogen-bond acceptors (Lipinski definition) is 6. The molecule has 0 fully saturated rings. The molecule has 5 aromatic rings. The maximum absolute atomic E-state index is 15.6. The third-order valence-corrected chi connectivity index (χ3v) is 7.87. The summed E-state index contributed by atoms with van der Waals surface area (Å²) in [4.78, 5) is 21.9. The van der Waals surface area contributed by atoms with Gasteiger partial charge in [-0.2, -0.15) is 5.10 Å². The number of hydrogen-bond donors (Lipinski definition) is 1. The van der Waals surface area contributed by atoms with Crippen LogP contribution in [0.5, 0.6) is 5.75 Å². The lowest BCUT2D eigenvalue weighted by molar-refractivity contribution is -0.160. The van der Waals surface area contributed by atoms with Gasteiger partial charge in [0.2, 0.25) is 0 Å². The van der Waals surface area contributed by atoms with Crippen molar-refractivity contribution in [2.24, 2.45) is 0 Å². The van der Waals surface area contributed by atoms with Crippen LogP contribution >= 0.6 is 0 Å². The van der Waals surface area contributed by atoms with Gasteiger partial charge in [-0.25, -0.2) is 18.7 Å². The number of aromatic nitrogens is 4. The van der Waals surface area contributed by atoms with Crippen LogP contribution in [0.3, 0.4) is 0 Å². The third kappa shape index (κ3) is 5.43. The van der Waals surface area contributed by atoms with Crippen molar-refractivity contribution in [3.05, 3.63) is 88.6 Å². The molecule has 3 aromatic heterocycles. The first kappa shape index (κ1) is 29.4. The smallest absolute Gasteiger partial charge is 0.337 e. The quantitative estimate of drug-likeness (QED) is 0.218. The van der Waals surface area contributed by atoms with E-state index < -0.39 is 23.5 Å². The number of rotatable bonds is 6. The fraction of sp³-hybridized carbons (Fsp3) is 0.314. The second-order valence-electron chi connectivity index (χ2n) is 12.3. The number of fused-ring (bicyclic) bond motifs is 2. The molecule has 9 heteroatoms. The number of carboxylic acid groups (broad SMARTS) is 1. The Labute approximate surface area is 255 Å². The van der Waals surface area contributed by atoms with Gasteiger partial charge in [0.15, 0.2) is 23.3 Å². The normalized spacial score (nSPS) is 13.9. The molecule has 44 heavy (non-hydrogen) atoms. The van der Waals surface area contributed by atoms with Gasteiger partial charge in [0.1, 0.15) is 0 Å². The molecule has 0 spiro atoms. The van der Waals surface area contributed by atoms with Gasteiger partial charge in [-0.3, -0.25) is 4.98 Å². The highest BCUT2D eigenvalue weighted by Gasteiger charge is 2.34. The molecular weight excluding hydrogens is 559 g/mol. The summed E-state index contributed by atoms with van der Waals surface area (Å²) in [5.74, 6) is -1.41. The van der Waals surface area contributed by atoms with E-state index in [9.17, 15) is 9.90 Å². The fourth-order valence-corrected chi connectivity index (χ4v) is 5.92. The summed E-state index contributed by atoms with van der Waals surface area (Å²) in [5, 5.41) is 15.4.